The van der Waals surface area contributed by atoms with E-state index in [-0.39, 0.29) is 12.0 Å². The van der Waals surface area contributed by atoms with Crippen LogP contribution in [0.3, 0.4) is 0 Å². The predicted octanol–water partition coefficient (Wildman–Crippen LogP) is 3.20. The molecule has 1 aromatic carbocycles. The second-order valence-corrected chi connectivity index (χ2v) is 6.36. The molecule has 1 aliphatic rings. The molecule has 2 heterocycles. The van der Waals surface area contributed by atoms with E-state index in [1.165, 1.54) is 0 Å². The summed E-state index contributed by atoms with van der Waals surface area (Å²) in [6.07, 6.45) is 1.89. The molecule has 0 spiro atoms. The minimum atomic E-state index is 0.0757. The number of aryl methyl sites for hydroxylation is 3. The summed E-state index contributed by atoms with van der Waals surface area (Å²) in [6.45, 7) is 8.15. The van der Waals surface area contributed by atoms with Crippen molar-refractivity contribution in [2.45, 2.75) is 46.3 Å². The number of para-hydroxylation sites is 1. The number of hydrogen-bond acceptors (Lipinski definition) is 3. The first-order valence-electron chi connectivity index (χ1n) is 8.64. The number of rotatable bonds is 4. The molecule has 0 bridgehead atoms. The number of aromatic nitrogens is 2. The van der Waals surface area contributed by atoms with E-state index in [9.17, 15) is 4.79 Å². The molecule has 0 saturated carbocycles. The monoisotopic (exact) mass is 327 g/mol. The summed E-state index contributed by atoms with van der Waals surface area (Å²) >= 11 is 0. The highest BCUT2D eigenvalue weighted by atomic mass is 16.5. The lowest BCUT2D eigenvalue weighted by Crippen LogP contribution is -2.42. The van der Waals surface area contributed by atoms with E-state index in [0.29, 0.717) is 12.2 Å². The van der Waals surface area contributed by atoms with Gasteiger partial charge < -0.3 is 9.64 Å². The summed E-state index contributed by atoms with van der Waals surface area (Å²) < 4.78 is 7.90. The maximum absolute atomic E-state index is 12.7. The number of hydrogen-bond donors (Lipinski definition) is 0. The molecule has 1 aromatic heterocycles. The molecule has 2 aromatic rings. The van der Waals surface area contributed by atoms with Crippen molar-refractivity contribution >= 4 is 5.91 Å². The van der Waals surface area contributed by atoms with Gasteiger partial charge in [-0.05, 0) is 38.5 Å². The number of benzene rings is 1. The van der Waals surface area contributed by atoms with E-state index >= 15 is 0 Å². The van der Waals surface area contributed by atoms with E-state index in [4.69, 9.17) is 4.74 Å². The minimum absolute atomic E-state index is 0.0757. The first-order chi connectivity index (χ1) is 11.6. The van der Waals surface area contributed by atoms with Crippen LogP contribution in [0.1, 0.15) is 41.5 Å². The van der Waals surface area contributed by atoms with Crippen molar-refractivity contribution in [1.29, 1.82) is 0 Å². The average Bonchev–Trinajstić information content (AvgIpc) is 2.98. The summed E-state index contributed by atoms with van der Waals surface area (Å²) in [6, 6.07) is 9.96. The number of piperidine rings is 1. The highest BCUT2D eigenvalue weighted by molar-refractivity contribution is 5.92. The zero-order valence-corrected chi connectivity index (χ0v) is 14.7. The largest absolute Gasteiger partial charge is 0.490 e. The van der Waals surface area contributed by atoms with Crippen LogP contribution in [0, 0.1) is 13.8 Å². The van der Waals surface area contributed by atoms with Crippen LogP contribution in [0.2, 0.25) is 0 Å². The number of nitrogens with zero attached hydrogens (tertiary/aromatic N) is 3. The Balaban J connectivity index is 1.60. The fourth-order valence-electron chi connectivity index (χ4n) is 3.17. The second-order valence-electron chi connectivity index (χ2n) is 6.36. The van der Waals surface area contributed by atoms with Crippen LogP contribution in [0.4, 0.5) is 0 Å². The zero-order chi connectivity index (χ0) is 17.1. The standard InChI is InChI=1S/C19H25N3O2/c1-4-22-17(13-15(3)20-22)19(23)21-11-9-16(10-12-21)24-18-8-6-5-7-14(18)2/h5-8,13,16H,4,9-12H2,1-3H3. The Hall–Kier alpha value is -2.30. The third-order valence-electron chi connectivity index (χ3n) is 4.54. The smallest absolute Gasteiger partial charge is 0.272 e. The Morgan fingerprint density at radius 3 is 2.62 bits per heavy atom. The van der Waals surface area contributed by atoms with Gasteiger partial charge in [-0.25, -0.2) is 0 Å². The van der Waals surface area contributed by atoms with Gasteiger partial charge in [-0.15, -0.1) is 0 Å². The first-order valence-corrected chi connectivity index (χ1v) is 8.64. The second kappa shape index (κ2) is 7.07. The molecule has 1 aliphatic heterocycles. The quantitative estimate of drug-likeness (QED) is 0.866. The average molecular weight is 327 g/mol. The number of carbonyl (C=O) groups is 1. The van der Waals surface area contributed by atoms with Gasteiger partial charge in [0.1, 0.15) is 17.5 Å². The molecule has 128 valence electrons. The number of likely N-dealkylation sites (tertiary alicyclic amines) is 1. The van der Waals surface area contributed by atoms with Gasteiger partial charge in [0.25, 0.3) is 5.91 Å². The van der Waals surface area contributed by atoms with Crippen molar-refractivity contribution in [1.82, 2.24) is 14.7 Å². The van der Waals surface area contributed by atoms with Crippen LogP contribution in [-0.4, -0.2) is 39.8 Å². The van der Waals surface area contributed by atoms with Crippen LogP contribution in [-0.2, 0) is 6.54 Å². The number of carbonyl (C=O) groups excluding carboxylic acids is 1. The fraction of sp³-hybridized carbons (Fsp3) is 0.474. The molecule has 5 nitrogen and oxygen atoms in total. The fourth-order valence-corrected chi connectivity index (χ4v) is 3.17. The molecule has 3 rings (SSSR count). The lowest BCUT2D eigenvalue weighted by Gasteiger charge is -2.32. The first kappa shape index (κ1) is 16.6. The van der Waals surface area contributed by atoms with Gasteiger partial charge in [0.05, 0.1) is 5.69 Å². The minimum Gasteiger partial charge on any atom is -0.490 e. The molecule has 0 N–H and O–H groups in total. The van der Waals surface area contributed by atoms with Crippen LogP contribution in [0.15, 0.2) is 30.3 Å². The van der Waals surface area contributed by atoms with Crippen LogP contribution in [0.25, 0.3) is 0 Å². The van der Waals surface area contributed by atoms with Gasteiger partial charge >= 0.3 is 0 Å². The summed E-state index contributed by atoms with van der Waals surface area (Å²) in [4.78, 5) is 14.7. The predicted molar refractivity (Wildman–Crippen MR) is 93.4 cm³/mol. The summed E-state index contributed by atoms with van der Waals surface area (Å²) in [5, 5.41) is 4.37. The Labute approximate surface area is 143 Å². The molecule has 1 saturated heterocycles. The molecule has 5 heteroatoms. The Morgan fingerprint density at radius 1 is 1.25 bits per heavy atom. The number of amides is 1. The Bertz CT molecular complexity index is 715. The molecule has 1 fully saturated rings. The van der Waals surface area contributed by atoms with Crippen molar-refractivity contribution in [3.63, 3.8) is 0 Å². The SMILES string of the molecule is CCn1nc(C)cc1C(=O)N1CCC(Oc2ccccc2C)CC1. The summed E-state index contributed by atoms with van der Waals surface area (Å²) in [5.74, 6) is 1.02. The maximum atomic E-state index is 12.7. The van der Waals surface area contributed by atoms with Crippen LogP contribution in [0.5, 0.6) is 5.75 Å². The number of ether oxygens (including phenoxy) is 1. The molecule has 0 aliphatic carbocycles. The van der Waals surface area contributed by atoms with Gasteiger partial charge in [-0.2, -0.15) is 5.10 Å². The Kier molecular flexibility index (Phi) is 4.88. The third kappa shape index (κ3) is 3.45. The van der Waals surface area contributed by atoms with E-state index in [1.54, 1.807) is 4.68 Å². The van der Waals surface area contributed by atoms with Crippen LogP contribution < -0.4 is 4.74 Å². The van der Waals surface area contributed by atoms with Crippen molar-refractivity contribution in [2.24, 2.45) is 0 Å². The summed E-state index contributed by atoms with van der Waals surface area (Å²) in [5.41, 5.74) is 2.73. The van der Waals surface area contributed by atoms with Gasteiger partial charge in [0.2, 0.25) is 0 Å². The zero-order valence-electron chi connectivity index (χ0n) is 14.7. The van der Waals surface area contributed by atoms with E-state index in [0.717, 1.165) is 42.9 Å². The van der Waals surface area contributed by atoms with E-state index in [2.05, 4.69) is 18.1 Å². The molecular weight excluding hydrogens is 302 g/mol. The van der Waals surface area contributed by atoms with Gasteiger partial charge in [0.15, 0.2) is 0 Å². The van der Waals surface area contributed by atoms with Crippen molar-refractivity contribution < 1.29 is 9.53 Å². The molecular formula is C19H25N3O2. The lowest BCUT2D eigenvalue weighted by molar-refractivity contribution is 0.0583. The van der Waals surface area contributed by atoms with E-state index < -0.39 is 0 Å². The van der Waals surface area contributed by atoms with Crippen LogP contribution >= 0.6 is 0 Å². The maximum Gasteiger partial charge on any atom is 0.272 e. The topological polar surface area (TPSA) is 47.4 Å². The summed E-state index contributed by atoms with van der Waals surface area (Å²) in [7, 11) is 0. The van der Waals surface area contributed by atoms with Crippen molar-refractivity contribution in [2.75, 3.05) is 13.1 Å². The molecule has 0 radical (unpaired) electrons. The van der Waals surface area contributed by atoms with Crippen molar-refractivity contribution in [3.05, 3.63) is 47.3 Å². The highest BCUT2D eigenvalue weighted by Gasteiger charge is 2.26. The Morgan fingerprint density at radius 2 is 1.96 bits per heavy atom. The van der Waals surface area contributed by atoms with Gasteiger partial charge in [-0.1, -0.05) is 18.2 Å². The molecule has 24 heavy (non-hydrogen) atoms. The lowest BCUT2D eigenvalue weighted by atomic mass is 10.1. The third-order valence-corrected chi connectivity index (χ3v) is 4.54. The van der Waals surface area contributed by atoms with Gasteiger partial charge in [0, 0.05) is 32.5 Å². The van der Waals surface area contributed by atoms with Gasteiger partial charge in [-0.3, -0.25) is 9.48 Å². The molecule has 0 unspecified atom stereocenters. The normalized spacial score (nSPS) is 15.5. The molecule has 0 atom stereocenters. The molecule has 1 amide bonds. The highest BCUT2D eigenvalue weighted by Crippen LogP contribution is 2.23. The van der Waals surface area contributed by atoms with Crippen molar-refractivity contribution in [3.8, 4) is 5.75 Å². The van der Waals surface area contributed by atoms with E-state index in [1.807, 2.05) is 43.0 Å².